The normalized spacial score (nSPS) is 16.5. The first-order valence-electron chi connectivity index (χ1n) is 9.23. The molecule has 1 atom stereocenters. The fourth-order valence-electron chi connectivity index (χ4n) is 3.75. The van der Waals surface area contributed by atoms with E-state index in [1.165, 1.54) is 16.2 Å². The van der Waals surface area contributed by atoms with Gasteiger partial charge in [0.05, 0.1) is 11.9 Å². The van der Waals surface area contributed by atoms with Gasteiger partial charge in [-0.25, -0.2) is 4.79 Å². The second-order valence-corrected chi connectivity index (χ2v) is 8.70. The molecule has 0 bridgehead atoms. The van der Waals surface area contributed by atoms with Gasteiger partial charge in [0.15, 0.2) is 5.78 Å². The van der Waals surface area contributed by atoms with Crippen molar-refractivity contribution in [3.63, 3.8) is 0 Å². The van der Waals surface area contributed by atoms with Crippen LogP contribution in [0.5, 0.6) is 0 Å². The van der Waals surface area contributed by atoms with Gasteiger partial charge in [-0.05, 0) is 61.8 Å². The van der Waals surface area contributed by atoms with Crippen molar-refractivity contribution in [3.05, 3.63) is 66.2 Å². The van der Waals surface area contributed by atoms with Crippen LogP contribution in [0.25, 0.3) is 10.2 Å². The number of aromatic nitrogens is 2. The zero-order chi connectivity index (χ0) is 19.3. The first-order valence-corrected chi connectivity index (χ1v) is 10.0. The standard InChI is InChI=1S/C21H22N2O3S/c1-11-4-7-15-17(8-11)27-19-18(15)20(25)23(21(26)22-19)10-16(24)14-6-5-12(2)13(3)9-14/h5-6,9,11H,4,7-8,10H2,1-3H3,(H,22,26). The highest BCUT2D eigenvalue weighted by atomic mass is 32.1. The molecule has 27 heavy (non-hydrogen) atoms. The number of carbonyl (C=O) groups excluding carboxylic acids is 1. The summed E-state index contributed by atoms with van der Waals surface area (Å²) in [5.74, 6) is 0.355. The molecule has 1 aliphatic rings. The van der Waals surface area contributed by atoms with Crippen LogP contribution in [0.3, 0.4) is 0 Å². The summed E-state index contributed by atoms with van der Waals surface area (Å²) >= 11 is 1.51. The van der Waals surface area contributed by atoms with Crippen molar-refractivity contribution in [1.82, 2.24) is 9.55 Å². The molecule has 5 nitrogen and oxygen atoms in total. The molecule has 0 radical (unpaired) electrons. The van der Waals surface area contributed by atoms with Gasteiger partial charge < -0.3 is 0 Å². The Morgan fingerprint density at radius 1 is 1.26 bits per heavy atom. The van der Waals surface area contributed by atoms with Crippen LogP contribution < -0.4 is 11.2 Å². The number of hydrogen-bond acceptors (Lipinski definition) is 4. The Balaban J connectivity index is 1.78. The number of nitrogens with one attached hydrogen (secondary N) is 1. The summed E-state index contributed by atoms with van der Waals surface area (Å²) in [6.45, 7) is 5.88. The topological polar surface area (TPSA) is 71.9 Å². The Bertz CT molecular complexity index is 1180. The maximum absolute atomic E-state index is 13.0. The van der Waals surface area contributed by atoms with E-state index in [0.717, 1.165) is 40.5 Å². The predicted molar refractivity (Wildman–Crippen MR) is 108 cm³/mol. The van der Waals surface area contributed by atoms with Crippen molar-refractivity contribution in [3.8, 4) is 0 Å². The summed E-state index contributed by atoms with van der Waals surface area (Å²) in [7, 11) is 0. The van der Waals surface area contributed by atoms with Gasteiger partial charge in [-0.15, -0.1) is 11.3 Å². The molecule has 1 aromatic carbocycles. The second kappa shape index (κ2) is 6.60. The van der Waals surface area contributed by atoms with Crippen molar-refractivity contribution in [2.75, 3.05) is 0 Å². The van der Waals surface area contributed by atoms with Crippen molar-refractivity contribution >= 4 is 27.3 Å². The van der Waals surface area contributed by atoms with Crippen molar-refractivity contribution < 1.29 is 4.79 Å². The number of ketones is 1. The van der Waals surface area contributed by atoms with E-state index >= 15 is 0 Å². The van der Waals surface area contributed by atoms with Crippen LogP contribution in [0.1, 0.15) is 45.3 Å². The van der Waals surface area contributed by atoms with E-state index in [1.54, 1.807) is 6.07 Å². The van der Waals surface area contributed by atoms with E-state index in [0.29, 0.717) is 21.7 Å². The van der Waals surface area contributed by atoms with E-state index in [-0.39, 0.29) is 17.9 Å². The third-order valence-electron chi connectivity index (χ3n) is 5.57. The van der Waals surface area contributed by atoms with Crippen LogP contribution in [0.15, 0.2) is 27.8 Å². The number of benzene rings is 1. The van der Waals surface area contributed by atoms with Gasteiger partial charge >= 0.3 is 5.69 Å². The summed E-state index contributed by atoms with van der Waals surface area (Å²) in [5, 5.41) is 0.592. The largest absolute Gasteiger partial charge is 0.329 e. The lowest BCUT2D eigenvalue weighted by atomic mass is 9.89. The number of Topliss-reactive ketones (excluding diaryl/α,β-unsaturated/α-hetero) is 1. The number of thiophene rings is 1. The zero-order valence-electron chi connectivity index (χ0n) is 15.7. The maximum Gasteiger partial charge on any atom is 0.329 e. The highest BCUT2D eigenvalue weighted by Gasteiger charge is 2.24. The van der Waals surface area contributed by atoms with E-state index in [1.807, 2.05) is 26.0 Å². The predicted octanol–water partition coefficient (Wildman–Crippen LogP) is 3.38. The van der Waals surface area contributed by atoms with Crippen LogP contribution in [0.4, 0.5) is 0 Å². The zero-order valence-corrected chi connectivity index (χ0v) is 16.5. The number of hydrogen-bond donors (Lipinski definition) is 1. The third kappa shape index (κ3) is 3.08. The second-order valence-electron chi connectivity index (χ2n) is 7.60. The Kier molecular flexibility index (Phi) is 4.38. The van der Waals surface area contributed by atoms with Crippen LogP contribution in [0.2, 0.25) is 0 Å². The summed E-state index contributed by atoms with van der Waals surface area (Å²) in [6, 6.07) is 5.44. The molecule has 1 unspecified atom stereocenters. The Morgan fingerprint density at radius 3 is 2.78 bits per heavy atom. The number of nitrogens with zero attached hydrogens (tertiary/aromatic N) is 1. The van der Waals surface area contributed by atoms with Gasteiger partial charge in [-0.2, -0.15) is 0 Å². The van der Waals surface area contributed by atoms with Crippen LogP contribution in [-0.2, 0) is 19.4 Å². The van der Waals surface area contributed by atoms with E-state index in [9.17, 15) is 14.4 Å². The molecule has 3 aromatic rings. The quantitative estimate of drug-likeness (QED) is 0.706. The van der Waals surface area contributed by atoms with Gasteiger partial charge in [-0.1, -0.05) is 19.1 Å². The lowest BCUT2D eigenvalue weighted by Gasteiger charge is -2.17. The maximum atomic E-state index is 13.0. The molecule has 0 aliphatic heterocycles. The lowest BCUT2D eigenvalue weighted by Crippen LogP contribution is -2.37. The minimum absolute atomic E-state index is 0.234. The highest BCUT2D eigenvalue weighted by Crippen LogP contribution is 2.35. The minimum atomic E-state index is -0.517. The smallest absolute Gasteiger partial charge is 0.298 e. The monoisotopic (exact) mass is 382 g/mol. The fraction of sp³-hybridized carbons (Fsp3) is 0.381. The molecule has 140 valence electrons. The van der Waals surface area contributed by atoms with Gasteiger partial charge in [-0.3, -0.25) is 19.1 Å². The Labute approximate surface area is 160 Å². The van der Waals surface area contributed by atoms with Crippen molar-refractivity contribution in [2.24, 2.45) is 5.92 Å². The minimum Gasteiger partial charge on any atom is -0.298 e. The summed E-state index contributed by atoms with van der Waals surface area (Å²) < 4.78 is 1.05. The molecule has 4 rings (SSSR count). The molecule has 1 aliphatic carbocycles. The molecule has 0 fully saturated rings. The van der Waals surface area contributed by atoms with Gasteiger partial charge in [0, 0.05) is 10.4 Å². The number of carbonyl (C=O) groups is 1. The Morgan fingerprint density at radius 2 is 2.04 bits per heavy atom. The van der Waals surface area contributed by atoms with E-state index < -0.39 is 5.69 Å². The van der Waals surface area contributed by atoms with Crippen LogP contribution in [-0.4, -0.2) is 15.3 Å². The number of rotatable bonds is 3. The fourth-order valence-corrected chi connectivity index (χ4v) is 5.14. The van der Waals surface area contributed by atoms with Crippen LogP contribution in [0, 0.1) is 19.8 Å². The van der Waals surface area contributed by atoms with Gasteiger partial charge in [0.25, 0.3) is 5.56 Å². The van der Waals surface area contributed by atoms with Gasteiger partial charge in [0.1, 0.15) is 4.83 Å². The first-order chi connectivity index (χ1) is 12.8. The van der Waals surface area contributed by atoms with Crippen molar-refractivity contribution in [1.29, 1.82) is 0 Å². The summed E-state index contributed by atoms with van der Waals surface area (Å²) in [4.78, 5) is 42.9. The van der Waals surface area contributed by atoms with E-state index in [4.69, 9.17) is 0 Å². The molecule has 2 heterocycles. The first kappa shape index (κ1) is 17.9. The number of aryl methyl sites for hydroxylation is 3. The highest BCUT2D eigenvalue weighted by molar-refractivity contribution is 7.18. The number of H-pyrrole nitrogens is 1. The average Bonchev–Trinajstić information content (AvgIpc) is 2.97. The lowest BCUT2D eigenvalue weighted by molar-refractivity contribution is 0.0969. The number of fused-ring (bicyclic) bond motifs is 3. The molecular formula is C21H22N2O3S. The third-order valence-corrected chi connectivity index (χ3v) is 6.74. The average molecular weight is 382 g/mol. The number of aromatic amines is 1. The van der Waals surface area contributed by atoms with E-state index in [2.05, 4.69) is 11.9 Å². The molecule has 0 saturated carbocycles. The summed E-state index contributed by atoms with van der Waals surface area (Å²) in [5.41, 5.74) is 2.82. The molecule has 0 saturated heterocycles. The molecule has 0 amide bonds. The molecule has 6 heteroatoms. The Hall–Kier alpha value is -2.47. The molecule has 2 aromatic heterocycles. The molecule has 0 spiro atoms. The molecule has 1 N–H and O–H groups in total. The van der Waals surface area contributed by atoms with Crippen molar-refractivity contribution in [2.45, 2.75) is 46.6 Å². The van der Waals surface area contributed by atoms with Crippen LogP contribution >= 0.6 is 11.3 Å². The summed E-state index contributed by atoms with van der Waals surface area (Å²) in [6.07, 6.45) is 2.83. The van der Waals surface area contributed by atoms with Gasteiger partial charge in [0.2, 0.25) is 0 Å². The molecular weight excluding hydrogens is 360 g/mol. The SMILES string of the molecule is Cc1ccc(C(=O)Cn2c(=O)[nH]c3sc4c(c3c2=O)CCC(C)C4)cc1C.